The van der Waals surface area contributed by atoms with Crippen molar-refractivity contribution in [3.05, 3.63) is 28.8 Å². The van der Waals surface area contributed by atoms with Crippen LogP contribution in [0, 0.1) is 31.5 Å². The van der Waals surface area contributed by atoms with E-state index in [1.807, 2.05) is 6.07 Å². The predicted molar refractivity (Wildman–Crippen MR) is 39.1 cm³/mol. The van der Waals surface area contributed by atoms with Crippen molar-refractivity contribution in [2.75, 3.05) is 5.73 Å². The van der Waals surface area contributed by atoms with Gasteiger partial charge >= 0.3 is 0 Å². The molecule has 0 aromatic heterocycles. The Morgan fingerprint density at radius 1 is 1.09 bits per heavy atom. The standard InChI is InChI=1S/C8H8F2N/c1-4-6(9)3-7(10)5(2)8(4)11/h11H2,1-2H3. The van der Waals surface area contributed by atoms with Crippen LogP contribution in [0.25, 0.3) is 0 Å². The topological polar surface area (TPSA) is 26.0 Å². The summed E-state index contributed by atoms with van der Waals surface area (Å²) in [6.45, 7) is 2.99. The minimum absolute atomic E-state index is 0.166. The molecule has 2 N–H and O–H groups in total. The van der Waals surface area contributed by atoms with Gasteiger partial charge in [-0.2, -0.15) is 0 Å². The minimum atomic E-state index is -0.717. The largest absolute Gasteiger partial charge is 0.398 e. The first-order valence-electron chi connectivity index (χ1n) is 3.17. The maximum absolute atomic E-state index is 12.6. The molecule has 11 heavy (non-hydrogen) atoms. The van der Waals surface area contributed by atoms with Crippen molar-refractivity contribution in [3.8, 4) is 0 Å². The van der Waals surface area contributed by atoms with E-state index in [0.29, 0.717) is 0 Å². The third kappa shape index (κ3) is 1.18. The summed E-state index contributed by atoms with van der Waals surface area (Å²) < 4.78 is 25.3. The van der Waals surface area contributed by atoms with E-state index < -0.39 is 11.6 Å². The van der Waals surface area contributed by atoms with E-state index in [9.17, 15) is 8.78 Å². The van der Waals surface area contributed by atoms with Crippen LogP contribution in [0.5, 0.6) is 0 Å². The Morgan fingerprint density at radius 3 is 1.82 bits per heavy atom. The third-order valence-corrected chi connectivity index (χ3v) is 1.69. The molecule has 0 aliphatic rings. The van der Waals surface area contributed by atoms with Crippen molar-refractivity contribution < 1.29 is 8.78 Å². The van der Waals surface area contributed by atoms with Crippen LogP contribution >= 0.6 is 0 Å². The Labute approximate surface area is 63.8 Å². The average Bonchev–Trinajstić information content (AvgIpc) is 1.97. The molecular formula is C8H8F2N. The first-order chi connectivity index (χ1) is 5.04. The zero-order valence-electron chi connectivity index (χ0n) is 6.33. The van der Waals surface area contributed by atoms with E-state index in [0.717, 1.165) is 0 Å². The molecule has 0 fully saturated rings. The van der Waals surface area contributed by atoms with Crippen molar-refractivity contribution in [3.63, 3.8) is 0 Å². The summed E-state index contributed by atoms with van der Waals surface area (Å²) in [5.41, 5.74) is 6.06. The normalized spacial score (nSPS) is 10.2. The summed E-state index contributed by atoms with van der Waals surface area (Å²) in [7, 11) is 0. The lowest BCUT2D eigenvalue weighted by Gasteiger charge is -2.05. The molecule has 0 unspecified atom stereocenters. The zero-order chi connectivity index (χ0) is 8.59. The molecule has 0 aliphatic heterocycles. The van der Waals surface area contributed by atoms with Gasteiger partial charge in [-0.1, -0.05) is 0 Å². The highest BCUT2D eigenvalue weighted by atomic mass is 19.1. The van der Waals surface area contributed by atoms with Gasteiger partial charge in [0.05, 0.1) is 6.07 Å². The van der Waals surface area contributed by atoms with Crippen LogP contribution in [0.15, 0.2) is 0 Å². The van der Waals surface area contributed by atoms with E-state index in [4.69, 9.17) is 5.73 Å². The van der Waals surface area contributed by atoms with Gasteiger partial charge in [0.25, 0.3) is 0 Å². The molecular weight excluding hydrogens is 148 g/mol. The maximum atomic E-state index is 12.6. The van der Waals surface area contributed by atoms with Crippen molar-refractivity contribution in [2.45, 2.75) is 13.8 Å². The van der Waals surface area contributed by atoms with Crippen LogP contribution in [0.1, 0.15) is 11.1 Å². The smallest absolute Gasteiger partial charge is 0.139 e. The highest BCUT2D eigenvalue weighted by molar-refractivity contribution is 5.53. The van der Waals surface area contributed by atoms with E-state index in [1.165, 1.54) is 13.8 Å². The highest BCUT2D eigenvalue weighted by Gasteiger charge is 2.09. The Balaban J connectivity index is 3.46. The number of halogens is 2. The van der Waals surface area contributed by atoms with E-state index in [2.05, 4.69) is 0 Å². The van der Waals surface area contributed by atoms with Gasteiger partial charge in [0, 0.05) is 16.8 Å². The summed E-state index contributed by atoms with van der Waals surface area (Å²) in [5, 5.41) is 0. The van der Waals surface area contributed by atoms with E-state index >= 15 is 0 Å². The van der Waals surface area contributed by atoms with Crippen molar-refractivity contribution >= 4 is 5.69 Å². The van der Waals surface area contributed by atoms with Crippen LogP contribution in [0.4, 0.5) is 14.5 Å². The van der Waals surface area contributed by atoms with Gasteiger partial charge in [0.1, 0.15) is 11.6 Å². The fourth-order valence-electron chi connectivity index (χ4n) is 0.802. The number of hydrogen-bond donors (Lipinski definition) is 1. The number of rotatable bonds is 0. The van der Waals surface area contributed by atoms with Gasteiger partial charge in [-0.05, 0) is 13.8 Å². The Hall–Kier alpha value is -1.12. The van der Waals surface area contributed by atoms with Gasteiger partial charge in [0.15, 0.2) is 0 Å². The third-order valence-electron chi connectivity index (χ3n) is 1.69. The second kappa shape index (κ2) is 2.49. The second-order valence-corrected chi connectivity index (χ2v) is 2.42. The summed E-state index contributed by atoms with van der Waals surface area (Å²) in [4.78, 5) is 0. The Morgan fingerprint density at radius 2 is 1.45 bits per heavy atom. The summed E-state index contributed by atoms with van der Waals surface area (Å²) in [6.07, 6.45) is 0. The lowest BCUT2D eigenvalue weighted by atomic mass is 10.1. The van der Waals surface area contributed by atoms with Crippen LogP contribution in [-0.2, 0) is 0 Å². The fraction of sp³-hybridized carbons (Fsp3) is 0.250. The van der Waals surface area contributed by atoms with Crippen molar-refractivity contribution in [1.82, 2.24) is 0 Å². The molecule has 0 amide bonds. The molecule has 0 heterocycles. The molecule has 0 saturated heterocycles. The number of anilines is 1. The number of benzene rings is 1. The minimum Gasteiger partial charge on any atom is -0.398 e. The van der Waals surface area contributed by atoms with Crippen LogP contribution in [-0.4, -0.2) is 0 Å². The van der Waals surface area contributed by atoms with Crippen molar-refractivity contribution in [2.24, 2.45) is 0 Å². The molecule has 59 valence electrons. The lowest BCUT2D eigenvalue weighted by molar-refractivity contribution is 0.569. The summed E-state index contributed by atoms with van der Waals surface area (Å²) in [6, 6.07) is 1.93. The van der Waals surface area contributed by atoms with E-state index in [1.54, 1.807) is 0 Å². The quantitative estimate of drug-likeness (QED) is 0.571. The van der Waals surface area contributed by atoms with Gasteiger partial charge in [0.2, 0.25) is 0 Å². The summed E-state index contributed by atoms with van der Waals surface area (Å²) in [5.74, 6) is -1.43. The molecule has 1 nitrogen and oxygen atoms in total. The summed E-state index contributed by atoms with van der Waals surface area (Å²) >= 11 is 0. The first-order valence-corrected chi connectivity index (χ1v) is 3.17. The first kappa shape index (κ1) is 7.98. The predicted octanol–water partition coefficient (Wildman–Crippen LogP) is 1.96. The van der Waals surface area contributed by atoms with E-state index in [-0.39, 0.29) is 16.8 Å². The number of nitrogen functional groups attached to an aromatic ring is 1. The zero-order valence-corrected chi connectivity index (χ0v) is 6.33. The number of nitrogens with two attached hydrogens (primary N) is 1. The molecule has 1 aromatic carbocycles. The molecule has 0 atom stereocenters. The molecule has 0 bridgehead atoms. The Kier molecular flexibility index (Phi) is 1.81. The second-order valence-electron chi connectivity index (χ2n) is 2.42. The lowest BCUT2D eigenvalue weighted by Crippen LogP contribution is -1.99. The van der Waals surface area contributed by atoms with Gasteiger partial charge in [-0.15, -0.1) is 0 Å². The SMILES string of the molecule is Cc1c(F)[c]c(F)c(C)c1N. The molecule has 1 radical (unpaired) electrons. The van der Waals surface area contributed by atoms with Gasteiger partial charge in [-0.3, -0.25) is 0 Å². The monoisotopic (exact) mass is 156 g/mol. The van der Waals surface area contributed by atoms with Crippen molar-refractivity contribution in [1.29, 1.82) is 0 Å². The Bertz CT molecular complexity index is 268. The van der Waals surface area contributed by atoms with Crippen LogP contribution in [0.3, 0.4) is 0 Å². The van der Waals surface area contributed by atoms with Gasteiger partial charge < -0.3 is 5.73 Å². The highest BCUT2D eigenvalue weighted by Crippen LogP contribution is 2.21. The molecule has 0 saturated carbocycles. The molecule has 3 heteroatoms. The fourth-order valence-corrected chi connectivity index (χ4v) is 0.802. The van der Waals surface area contributed by atoms with Crippen LogP contribution in [0.2, 0.25) is 0 Å². The van der Waals surface area contributed by atoms with Gasteiger partial charge in [-0.25, -0.2) is 8.78 Å². The molecule has 0 aliphatic carbocycles. The molecule has 1 aromatic rings. The average molecular weight is 156 g/mol. The molecule has 0 spiro atoms. The number of hydrogen-bond acceptors (Lipinski definition) is 1. The van der Waals surface area contributed by atoms with Crippen LogP contribution < -0.4 is 5.73 Å². The molecule has 1 rings (SSSR count). The maximum Gasteiger partial charge on any atom is 0.139 e.